The second kappa shape index (κ2) is 10.8. The highest BCUT2D eigenvalue weighted by Crippen LogP contribution is 2.18. The summed E-state index contributed by atoms with van der Waals surface area (Å²) in [6, 6.07) is 13.9. The van der Waals surface area contributed by atoms with Crippen LogP contribution in [0.5, 0.6) is 5.75 Å². The Morgan fingerprint density at radius 3 is 2.23 bits per heavy atom. The third kappa shape index (κ3) is 7.65. The van der Waals surface area contributed by atoms with Gasteiger partial charge in [-0.2, -0.15) is 0 Å². The van der Waals surface area contributed by atoms with Crippen molar-refractivity contribution in [1.29, 1.82) is 0 Å². The molecular weight excluding hydrogens is 468 g/mol. The Hall–Kier alpha value is -2.05. The molecule has 7 heteroatoms. The third-order valence-corrected chi connectivity index (χ3v) is 5.11. The molecule has 0 aliphatic carbocycles. The maximum absolute atomic E-state index is 13.1. The molecule has 30 heavy (non-hydrogen) atoms. The highest BCUT2D eigenvalue weighted by atomic mass is 79.9. The molecule has 162 valence electrons. The van der Waals surface area contributed by atoms with Crippen molar-refractivity contribution >= 4 is 39.3 Å². The van der Waals surface area contributed by atoms with Gasteiger partial charge in [-0.1, -0.05) is 46.6 Å². The molecule has 0 aliphatic heterocycles. The predicted octanol–water partition coefficient (Wildman–Crippen LogP) is 5.20. The molecule has 0 saturated carbocycles. The monoisotopic (exact) mass is 494 g/mol. The third-order valence-electron chi connectivity index (χ3n) is 4.33. The summed E-state index contributed by atoms with van der Waals surface area (Å²) in [4.78, 5) is 27.6. The zero-order valence-electron chi connectivity index (χ0n) is 17.7. The summed E-state index contributed by atoms with van der Waals surface area (Å²) in [6.07, 6.45) is 0.486. The van der Waals surface area contributed by atoms with Crippen LogP contribution < -0.4 is 10.1 Å². The minimum Gasteiger partial charge on any atom is -0.484 e. The van der Waals surface area contributed by atoms with Crippen LogP contribution in [-0.2, 0) is 16.1 Å². The zero-order chi connectivity index (χ0) is 22.3. The molecule has 1 N–H and O–H groups in total. The molecule has 0 aliphatic rings. The smallest absolute Gasteiger partial charge is 0.261 e. The van der Waals surface area contributed by atoms with Gasteiger partial charge in [-0.15, -0.1) is 0 Å². The van der Waals surface area contributed by atoms with Gasteiger partial charge in [0.2, 0.25) is 5.91 Å². The van der Waals surface area contributed by atoms with E-state index in [2.05, 4.69) is 21.2 Å². The van der Waals surface area contributed by atoms with Gasteiger partial charge in [-0.25, -0.2) is 0 Å². The summed E-state index contributed by atoms with van der Waals surface area (Å²) >= 11 is 9.36. The fourth-order valence-electron chi connectivity index (χ4n) is 2.92. The normalized spacial score (nSPS) is 12.2. The molecular formula is C23H28BrClN2O3. The number of carbonyl (C=O) groups excluding carboxylic acids is 2. The van der Waals surface area contributed by atoms with Gasteiger partial charge >= 0.3 is 0 Å². The van der Waals surface area contributed by atoms with E-state index in [0.29, 0.717) is 17.2 Å². The van der Waals surface area contributed by atoms with E-state index in [1.165, 1.54) is 0 Å². The molecule has 1 atom stereocenters. The molecule has 0 aromatic heterocycles. The van der Waals surface area contributed by atoms with Crippen LogP contribution in [0.4, 0.5) is 0 Å². The average molecular weight is 496 g/mol. The van der Waals surface area contributed by atoms with E-state index in [1.807, 2.05) is 52.0 Å². The number of hydrogen-bond donors (Lipinski definition) is 1. The van der Waals surface area contributed by atoms with Crippen molar-refractivity contribution in [2.45, 2.75) is 52.2 Å². The van der Waals surface area contributed by atoms with Crippen molar-refractivity contribution in [2.75, 3.05) is 6.61 Å². The van der Waals surface area contributed by atoms with E-state index in [0.717, 1.165) is 10.0 Å². The van der Waals surface area contributed by atoms with Crippen molar-refractivity contribution < 1.29 is 14.3 Å². The van der Waals surface area contributed by atoms with Gasteiger partial charge in [0.1, 0.15) is 11.8 Å². The van der Waals surface area contributed by atoms with Crippen molar-refractivity contribution in [3.8, 4) is 5.75 Å². The molecule has 0 saturated heterocycles. The summed E-state index contributed by atoms with van der Waals surface area (Å²) in [5.74, 6) is 0.143. The SMILES string of the molecule is CC[C@@H](C(=O)NC(C)(C)C)N(Cc1ccc(Cl)cc1)C(=O)COc1ccc(Br)cc1. The summed E-state index contributed by atoms with van der Waals surface area (Å²) in [5.41, 5.74) is 0.492. The van der Waals surface area contributed by atoms with Crippen LogP contribution in [0.1, 0.15) is 39.7 Å². The van der Waals surface area contributed by atoms with Gasteiger partial charge in [-0.3, -0.25) is 9.59 Å². The number of rotatable bonds is 8. The Kier molecular flexibility index (Phi) is 8.74. The molecule has 0 heterocycles. The fourth-order valence-corrected chi connectivity index (χ4v) is 3.31. The molecule has 2 aromatic rings. The maximum Gasteiger partial charge on any atom is 0.261 e. The van der Waals surface area contributed by atoms with Crippen molar-refractivity contribution in [2.24, 2.45) is 0 Å². The Labute approximate surface area is 191 Å². The van der Waals surface area contributed by atoms with E-state index in [-0.39, 0.29) is 25.0 Å². The first-order chi connectivity index (χ1) is 14.1. The zero-order valence-corrected chi connectivity index (χ0v) is 20.1. The Balaban J connectivity index is 2.21. The van der Waals surface area contributed by atoms with Gasteiger partial charge in [0.15, 0.2) is 6.61 Å². The number of halogens is 2. The first-order valence-electron chi connectivity index (χ1n) is 9.83. The first-order valence-corrected chi connectivity index (χ1v) is 11.0. The molecule has 2 rings (SSSR count). The van der Waals surface area contributed by atoms with E-state index in [9.17, 15) is 9.59 Å². The van der Waals surface area contributed by atoms with E-state index in [4.69, 9.17) is 16.3 Å². The minimum atomic E-state index is -0.610. The van der Waals surface area contributed by atoms with Crippen LogP contribution in [-0.4, -0.2) is 34.9 Å². The molecule has 5 nitrogen and oxygen atoms in total. The molecule has 0 radical (unpaired) electrons. The molecule has 0 bridgehead atoms. The van der Waals surface area contributed by atoms with E-state index < -0.39 is 11.6 Å². The Morgan fingerprint density at radius 1 is 1.10 bits per heavy atom. The molecule has 2 aromatic carbocycles. The van der Waals surface area contributed by atoms with Crippen LogP contribution in [0.2, 0.25) is 5.02 Å². The van der Waals surface area contributed by atoms with Crippen LogP contribution >= 0.6 is 27.5 Å². The predicted molar refractivity (Wildman–Crippen MR) is 124 cm³/mol. The number of amides is 2. The summed E-state index contributed by atoms with van der Waals surface area (Å²) in [5, 5.41) is 3.60. The van der Waals surface area contributed by atoms with Gasteiger partial charge in [0, 0.05) is 21.6 Å². The highest BCUT2D eigenvalue weighted by Gasteiger charge is 2.30. The summed E-state index contributed by atoms with van der Waals surface area (Å²) in [6.45, 7) is 7.77. The largest absolute Gasteiger partial charge is 0.484 e. The first kappa shape index (κ1) is 24.2. The molecule has 0 unspecified atom stereocenters. The quantitative estimate of drug-likeness (QED) is 0.547. The summed E-state index contributed by atoms with van der Waals surface area (Å²) in [7, 11) is 0. The lowest BCUT2D eigenvalue weighted by Gasteiger charge is -2.33. The number of hydrogen-bond acceptors (Lipinski definition) is 3. The van der Waals surface area contributed by atoms with Gasteiger partial charge in [0.25, 0.3) is 5.91 Å². The lowest BCUT2D eigenvalue weighted by Crippen LogP contribution is -2.54. The Morgan fingerprint density at radius 2 is 1.70 bits per heavy atom. The average Bonchev–Trinajstić information content (AvgIpc) is 2.67. The van der Waals surface area contributed by atoms with Gasteiger partial charge < -0.3 is 15.0 Å². The second-order valence-corrected chi connectivity index (χ2v) is 9.41. The number of carbonyl (C=O) groups is 2. The van der Waals surface area contributed by atoms with Gasteiger partial charge in [-0.05, 0) is 69.2 Å². The van der Waals surface area contributed by atoms with Crippen molar-refractivity contribution in [3.63, 3.8) is 0 Å². The second-order valence-electron chi connectivity index (χ2n) is 8.05. The van der Waals surface area contributed by atoms with Gasteiger partial charge in [0.05, 0.1) is 0 Å². The van der Waals surface area contributed by atoms with Crippen LogP contribution in [0.25, 0.3) is 0 Å². The Bertz CT molecular complexity index is 848. The van der Waals surface area contributed by atoms with Crippen molar-refractivity contribution in [1.82, 2.24) is 10.2 Å². The minimum absolute atomic E-state index is 0.158. The molecule has 0 fully saturated rings. The highest BCUT2D eigenvalue weighted by molar-refractivity contribution is 9.10. The van der Waals surface area contributed by atoms with Crippen LogP contribution in [0, 0.1) is 0 Å². The molecule has 0 spiro atoms. The standard InChI is InChI=1S/C23H28BrClN2O3/c1-5-20(22(29)26-23(2,3)4)27(14-16-6-10-18(25)11-7-16)21(28)15-30-19-12-8-17(24)9-13-19/h6-13,20H,5,14-15H2,1-4H3,(H,26,29)/t20-/m0/s1. The topological polar surface area (TPSA) is 58.6 Å². The lowest BCUT2D eigenvalue weighted by atomic mass is 10.1. The number of benzene rings is 2. The lowest BCUT2D eigenvalue weighted by molar-refractivity contribution is -0.143. The fraction of sp³-hybridized carbons (Fsp3) is 0.391. The van der Waals surface area contributed by atoms with E-state index in [1.54, 1.807) is 29.2 Å². The number of nitrogens with zero attached hydrogens (tertiary/aromatic N) is 1. The number of nitrogens with one attached hydrogen (secondary N) is 1. The van der Waals surface area contributed by atoms with E-state index >= 15 is 0 Å². The summed E-state index contributed by atoms with van der Waals surface area (Å²) < 4.78 is 6.60. The number of ether oxygens (including phenoxy) is 1. The maximum atomic E-state index is 13.1. The van der Waals surface area contributed by atoms with Crippen LogP contribution in [0.15, 0.2) is 53.0 Å². The van der Waals surface area contributed by atoms with Crippen LogP contribution in [0.3, 0.4) is 0 Å². The van der Waals surface area contributed by atoms with Crippen molar-refractivity contribution in [3.05, 3.63) is 63.6 Å². The molecule has 2 amide bonds.